The monoisotopic (exact) mass is 317 g/mol. The maximum absolute atomic E-state index is 4.31. The van der Waals surface area contributed by atoms with Gasteiger partial charge < -0.3 is 5.32 Å². The quantitative estimate of drug-likeness (QED) is 0.807. The van der Waals surface area contributed by atoms with E-state index in [1.165, 1.54) is 0 Å². The Morgan fingerprint density at radius 3 is 2.95 bits per heavy atom. The fourth-order valence-electron chi connectivity index (χ4n) is 1.89. The van der Waals surface area contributed by atoms with Crippen LogP contribution < -0.4 is 5.32 Å². The van der Waals surface area contributed by atoms with Crippen LogP contribution in [-0.2, 0) is 6.54 Å². The normalized spacial score (nSPS) is 10.8. The van der Waals surface area contributed by atoms with Crippen LogP contribution in [-0.4, -0.2) is 19.4 Å². The maximum Gasteiger partial charge on any atom is 0.155 e. The molecular weight excluding hydrogens is 306 g/mol. The molecule has 3 heterocycles. The van der Waals surface area contributed by atoms with Crippen molar-refractivity contribution in [1.29, 1.82) is 0 Å². The van der Waals surface area contributed by atoms with Crippen LogP contribution in [0.15, 0.2) is 41.7 Å². The Morgan fingerprint density at radius 2 is 2.11 bits per heavy atom. The number of nitrogens with one attached hydrogen (secondary N) is 1. The molecule has 3 rings (SSSR count). The van der Waals surface area contributed by atoms with Crippen LogP contribution in [0.25, 0.3) is 5.65 Å². The zero-order chi connectivity index (χ0) is 13.2. The molecule has 0 bridgehead atoms. The number of halogens is 1. The molecule has 0 aliphatic heterocycles. The van der Waals surface area contributed by atoms with Crippen molar-refractivity contribution in [2.24, 2.45) is 0 Å². The fourth-order valence-corrected chi connectivity index (χ4v) is 2.20. The summed E-state index contributed by atoms with van der Waals surface area (Å²) in [6, 6.07) is 2.06. The molecule has 3 aromatic heterocycles. The lowest BCUT2D eigenvalue weighted by molar-refractivity contribution is 0.981. The molecule has 0 saturated heterocycles. The minimum absolute atomic E-state index is 0.683. The number of hydrogen-bond donors (Lipinski definition) is 1. The lowest BCUT2D eigenvalue weighted by Gasteiger charge is -2.06. The minimum atomic E-state index is 0.683. The maximum atomic E-state index is 4.31. The molecule has 0 aliphatic carbocycles. The molecule has 1 N–H and O–H groups in total. The van der Waals surface area contributed by atoms with Crippen molar-refractivity contribution in [3.8, 4) is 0 Å². The number of nitrogens with zero attached hydrogens (tertiary/aromatic N) is 4. The van der Waals surface area contributed by atoms with Crippen LogP contribution in [0, 0.1) is 6.92 Å². The molecule has 0 unspecified atom stereocenters. The molecule has 6 heteroatoms. The molecule has 0 radical (unpaired) electrons. The number of aromatic nitrogens is 4. The van der Waals surface area contributed by atoms with Gasteiger partial charge >= 0.3 is 0 Å². The summed E-state index contributed by atoms with van der Waals surface area (Å²) in [4.78, 5) is 12.6. The number of fused-ring (bicyclic) bond motifs is 1. The highest BCUT2D eigenvalue weighted by atomic mass is 79.9. The van der Waals surface area contributed by atoms with Gasteiger partial charge in [0.25, 0.3) is 0 Å². The number of pyridine rings is 1. The first-order valence-corrected chi connectivity index (χ1v) is 6.65. The van der Waals surface area contributed by atoms with E-state index in [-0.39, 0.29) is 0 Å². The molecule has 0 amide bonds. The predicted molar refractivity (Wildman–Crippen MR) is 77.0 cm³/mol. The SMILES string of the molecule is Cc1cncc(NCc2cnc3cnc(Br)cn23)c1. The van der Waals surface area contributed by atoms with Crippen molar-refractivity contribution in [3.05, 3.63) is 52.9 Å². The number of anilines is 1. The molecule has 5 nitrogen and oxygen atoms in total. The van der Waals surface area contributed by atoms with Crippen LogP contribution in [0.3, 0.4) is 0 Å². The molecule has 96 valence electrons. The van der Waals surface area contributed by atoms with Crippen LogP contribution in [0.2, 0.25) is 0 Å². The highest BCUT2D eigenvalue weighted by Gasteiger charge is 2.04. The van der Waals surface area contributed by atoms with Gasteiger partial charge in [-0.15, -0.1) is 0 Å². The van der Waals surface area contributed by atoms with Gasteiger partial charge in [0.15, 0.2) is 5.65 Å². The Labute approximate surface area is 118 Å². The second-order valence-corrected chi connectivity index (χ2v) is 5.10. The van der Waals surface area contributed by atoms with Crippen LogP contribution in [0.5, 0.6) is 0 Å². The van der Waals surface area contributed by atoms with E-state index in [0.29, 0.717) is 6.54 Å². The van der Waals surface area contributed by atoms with Crippen LogP contribution in [0.4, 0.5) is 5.69 Å². The van der Waals surface area contributed by atoms with Gasteiger partial charge in [0.1, 0.15) is 4.60 Å². The van der Waals surface area contributed by atoms with E-state index in [2.05, 4.69) is 42.3 Å². The number of hydrogen-bond acceptors (Lipinski definition) is 4. The van der Waals surface area contributed by atoms with E-state index in [4.69, 9.17) is 0 Å². The third kappa shape index (κ3) is 2.58. The molecule has 0 saturated carbocycles. The third-order valence-corrected chi connectivity index (χ3v) is 3.20. The predicted octanol–water partition coefficient (Wildman–Crippen LogP) is 2.81. The number of aryl methyl sites for hydroxylation is 1. The van der Waals surface area contributed by atoms with E-state index in [0.717, 1.165) is 27.2 Å². The van der Waals surface area contributed by atoms with E-state index >= 15 is 0 Å². The summed E-state index contributed by atoms with van der Waals surface area (Å²) < 4.78 is 2.80. The lowest BCUT2D eigenvalue weighted by Crippen LogP contribution is -2.03. The molecule has 0 aromatic carbocycles. The van der Waals surface area contributed by atoms with Gasteiger partial charge in [-0.1, -0.05) is 0 Å². The molecule has 0 aliphatic rings. The summed E-state index contributed by atoms with van der Waals surface area (Å²) in [5.74, 6) is 0. The zero-order valence-corrected chi connectivity index (χ0v) is 11.9. The van der Waals surface area contributed by atoms with E-state index < -0.39 is 0 Å². The molecule has 0 spiro atoms. The standard InChI is InChI=1S/C13H12BrN5/c1-9-2-10(4-15-3-9)16-5-11-6-18-13-7-17-12(14)8-19(11)13/h2-4,6-8,16H,5H2,1H3. The molecule has 0 fully saturated rings. The summed E-state index contributed by atoms with van der Waals surface area (Å²) in [6.45, 7) is 2.71. The third-order valence-electron chi connectivity index (χ3n) is 2.79. The average molecular weight is 318 g/mol. The van der Waals surface area contributed by atoms with Gasteiger partial charge in [-0.3, -0.25) is 9.38 Å². The zero-order valence-electron chi connectivity index (χ0n) is 10.3. The molecule has 3 aromatic rings. The van der Waals surface area contributed by atoms with E-state index in [9.17, 15) is 0 Å². The summed E-state index contributed by atoms with van der Waals surface area (Å²) in [5, 5.41) is 3.34. The van der Waals surface area contributed by atoms with Crippen LogP contribution >= 0.6 is 15.9 Å². The van der Waals surface area contributed by atoms with Gasteiger partial charge in [0.05, 0.1) is 30.3 Å². The van der Waals surface area contributed by atoms with Gasteiger partial charge in [0.2, 0.25) is 0 Å². The first kappa shape index (κ1) is 12.1. The summed E-state index contributed by atoms with van der Waals surface area (Å²) in [6.07, 6.45) is 9.14. The Bertz CT molecular complexity index is 722. The van der Waals surface area contributed by atoms with Crippen molar-refractivity contribution in [3.63, 3.8) is 0 Å². The topological polar surface area (TPSA) is 55.1 Å². The smallest absolute Gasteiger partial charge is 0.155 e. The van der Waals surface area contributed by atoms with Gasteiger partial charge in [-0.05, 0) is 34.5 Å². The second-order valence-electron chi connectivity index (χ2n) is 4.29. The van der Waals surface area contributed by atoms with Gasteiger partial charge in [0, 0.05) is 18.6 Å². The molecule has 19 heavy (non-hydrogen) atoms. The van der Waals surface area contributed by atoms with E-state index in [1.54, 1.807) is 6.20 Å². The van der Waals surface area contributed by atoms with Crippen molar-refractivity contribution in [1.82, 2.24) is 19.4 Å². The minimum Gasteiger partial charge on any atom is -0.378 e. The first-order valence-electron chi connectivity index (χ1n) is 5.85. The highest BCUT2D eigenvalue weighted by molar-refractivity contribution is 9.10. The Kier molecular flexibility index (Phi) is 3.16. The van der Waals surface area contributed by atoms with E-state index in [1.807, 2.05) is 36.1 Å². The summed E-state index contributed by atoms with van der Waals surface area (Å²) >= 11 is 3.37. The lowest BCUT2D eigenvalue weighted by atomic mass is 10.3. The van der Waals surface area contributed by atoms with Crippen molar-refractivity contribution >= 4 is 27.3 Å². The van der Waals surface area contributed by atoms with Crippen molar-refractivity contribution < 1.29 is 0 Å². The van der Waals surface area contributed by atoms with Gasteiger partial charge in [-0.2, -0.15) is 0 Å². The second kappa shape index (κ2) is 4.97. The van der Waals surface area contributed by atoms with Gasteiger partial charge in [-0.25, -0.2) is 9.97 Å². The summed E-state index contributed by atoms with van der Waals surface area (Å²) in [7, 11) is 0. The Balaban J connectivity index is 1.84. The average Bonchev–Trinajstić information content (AvgIpc) is 2.79. The number of rotatable bonds is 3. The fraction of sp³-hybridized carbons (Fsp3) is 0.154. The summed E-state index contributed by atoms with van der Waals surface area (Å²) in [5.41, 5.74) is 4.04. The largest absolute Gasteiger partial charge is 0.378 e. The number of imidazole rings is 1. The van der Waals surface area contributed by atoms with Crippen molar-refractivity contribution in [2.75, 3.05) is 5.32 Å². The first-order chi connectivity index (χ1) is 9.22. The molecular formula is C13H12BrN5. The highest BCUT2D eigenvalue weighted by Crippen LogP contribution is 2.13. The molecule has 0 atom stereocenters. The van der Waals surface area contributed by atoms with Crippen LogP contribution in [0.1, 0.15) is 11.3 Å². The van der Waals surface area contributed by atoms with Crippen molar-refractivity contribution in [2.45, 2.75) is 13.5 Å². The Morgan fingerprint density at radius 1 is 1.21 bits per heavy atom. The Hall–Kier alpha value is -1.95.